The van der Waals surface area contributed by atoms with Crippen LogP contribution in [0.3, 0.4) is 0 Å². The van der Waals surface area contributed by atoms with Crippen molar-refractivity contribution in [2.45, 2.75) is 0 Å². The van der Waals surface area contributed by atoms with Crippen LogP contribution in [0, 0.1) is 0 Å². The van der Waals surface area contributed by atoms with Crippen LogP contribution in [-0.4, -0.2) is 73.2 Å². The molecule has 0 aliphatic heterocycles. The van der Waals surface area contributed by atoms with Crippen molar-refractivity contribution in [2.75, 3.05) is 67.1 Å². The molecule has 0 fully saturated rings. The summed E-state index contributed by atoms with van der Waals surface area (Å²) in [4.78, 5) is 14.0. The van der Waals surface area contributed by atoms with E-state index in [1.54, 1.807) is 32.4 Å². The maximum absolute atomic E-state index is 10.4. The van der Waals surface area contributed by atoms with Crippen molar-refractivity contribution in [1.82, 2.24) is 0 Å². The van der Waals surface area contributed by atoms with Gasteiger partial charge >= 0.3 is 0 Å². The number of carbonyl (C=O) groups excluding carboxylic acids is 1. The summed E-state index contributed by atoms with van der Waals surface area (Å²) in [6.07, 6.45) is 1.50. The summed E-state index contributed by atoms with van der Waals surface area (Å²) < 4.78 is 31.8. The summed E-state index contributed by atoms with van der Waals surface area (Å²) in [6, 6.07) is 4.95. The number of aliphatic imine (C=N–C) groups is 1. The summed E-state index contributed by atoms with van der Waals surface area (Å²) in [5.74, 6) is 1.01. The van der Waals surface area contributed by atoms with Crippen LogP contribution in [0.1, 0.15) is 0 Å². The zero-order chi connectivity index (χ0) is 18.2. The Morgan fingerprint density at radius 2 is 1.36 bits per heavy atom. The molecule has 0 amide bonds. The van der Waals surface area contributed by atoms with E-state index in [9.17, 15) is 4.79 Å². The largest absolute Gasteiger partial charge is 0.487 e. The van der Waals surface area contributed by atoms with Gasteiger partial charge in [0.25, 0.3) is 0 Å². The van der Waals surface area contributed by atoms with Gasteiger partial charge in [-0.1, -0.05) is 0 Å². The van der Waals surface area contributed by atoms with E-state index in [-0.39, 0.29) is 0 Å². The van der Waals surface area contributed by atoms with Crippen LogP contribution in [0.25, 0.3) is 0 Å². The maximum atomic E-state index is 10.4. The molecule has 1 aromatic rings. The summed E-state index contributed by atoms with van der Waals surface area (Å²) in [7, 11) is 3.23. The zero-order valence-electron chi connectivity index (χ0n) is 14.7. The van der Waals surface area contributed by atoms with Crippen LogP contribution in [0.5, 0.6) is 11.5 Å². The normalized spacial score (nSPS) is 10.3. The van der Waals surface area contributed by atoms with Gasteiger partial charge in [-0.15, -0.1) is 0 Å². The van der Waals surface area contributed by atoms with E-state index in [2.05, 4.69) is 4.99 Å². The minimum atomic E-state index is 0.332. The molecular weight excluding hydrogens is 330 g/mol. The molecule has 25 heavy (non-hydrogen) atoms. The molecule has 1 rings (SSSR count). The Balaban J connectivity index is 2.49. The number of hydrogen-bond acceptors (Lipinski definition) is 8. The van der Waals surface area contributed by atoms with E-state index >= 15 is 0 Å². The van der Waals surface area contributed by atoms with Crippen molar-refractivity contribution in [3.05, 3.63) is 18.2 Å². The van der Waals surface area contributed by atoms with Gasteiger partial charge in [0.15, 0.2) is 11.5 Å². The molecule has 0 heterocycles. The predicted molar refractivity (Wildman–Crippen MR) is 90.6 cm³/mol. The van der Waals surface area contributed by atoms with E-state index < -0.39 is 0 Å². The monoisotopic (exact) mass is 355 g/mol. The molecule has 8 heteroatoms. The van der Waals surface area contributed by atoms with E-state index in [0.717, 1.165) is 0 Å². The third-order valence-corrected chi connectivity index (χ3v) is 2.94. The van der Waals surface area contributed by atoms with Crippen LogP contribution in [0.4, 0.5) is 5.69 Å². The van der Waals surface area contributed by atoms with E-state index in [1.165, 1.54) is 6.08 Å². The number of isocyanates is 1. The topological polar surface area (TPSA) is 84.8 Å². The second kappa shape index (κ2) is 14.4. The fourth-order valence-electron chi connectivity index (χ4n) is 1.76. The second-order valence-electron chi connectivity index (χ2n) is 4.74. The highest BCUT2D eigenvalue weighted by molar-refractivity contribution is 5.55. The summed E-state index contributed by atoms with van der Waals surface area (Å²) >= 11 is 0. The molecule has 0 saturated carbocycles. The lowest BCUT2D eigenvalue weighted by atomic mass is 10.3. The fraction of sp³-hybridized carbons (Fsp3) is 0.588. The molecule has 0 aliphatic carbocycles. The van der Waals surface area contributed by atoms with Gasteiger partial charge in [0.2, 0.25) is 6.08 Å². The van der Waals surface area contributed by atoms with Crippen molar-refractivity contribution in [1.29, 1.82) is 0 Å². The SMILES string of the molecule is COCCOCCOc1ccc(N=C=O)cc1OCCOCCOC. The van der Waals surface area contributed by atoms with Gasteiger partial charge in [0, 0.05) is 20.3 Å². The first-order valence-corrected chi connectivity index (χ1v) is 7.92. The molecule has 0 saturated heterocycles. The molecule has 8 nitrogen and oxygen atoms in total. The highest BCUT2D eigenvalue weighted by Gasteiger charge is 2.07. The maximum Gasteiger partial charge on any atom is 0.240 e. The van der Waals surface area contributed by atoms with Gasteiger partial charge in [0.1, 0.15) is 13.2 Å². The van der Waals surface area contributed by atoms with Crippen molar-refractivity contribution in [3.8, 4) is 11.5 Å². The Bertz CT molecular complexity index is 518. The standard InChI is InChI=1S/C17H25NO7/c1-20-5-7-22-9-11-24-16-4-3-15(18-14-19)13-17(16)25-12-10-23-8-6-21-2/h3-4,13H,5-12H2,1-2H3. The average Bonchev–Trinajstić information content (AvgIpc) is 2.62. The van der Waals surface area contributed by atoms with Crippen molar-refractivity contribution >= 4 is 11.8 Å². The Morgan fingerprint density at radius 3 is 1.92 bits per heavy atom. The molecule has 0 aromatic heterocycles. The van der Waals surface area contributed by atoms with Crippen LogP contribution in [-0.2, 0) is 23.7 Å². The molecular formula is C17H25NO7. The number of ether oxygens (including phenoxy) is 6. The Morgan fingerprint density at radius 1 is 0.800 bits per heavy atom. The lowest BCUT2D eigenvalue weighted by Crippen LogP contribution is -2.12. The summed E-state index contributed by atoms with van der Waals surface area (Å²) in [6.45, 7) is 3.60. The van der Waals surface area contributed by atoms with E-state index in [1.807, 2.05) is 0 Å². The van der Waals surface area contributed by atoms with Crippen LogP contribution >= 0.6 is 0 Å². The molecule has 0 spiro atoms. The van der Waals surface area contributed by atoms with Gasteiger partial charge in [-0.05, 0) is 12.1 Å². The first-order chi connectivity index (χ1) is 12.3. The number of nitrogens with zero attached hydrogens (tertiary/aromatic N) is 1. The van der Waals surface area contributed by atoms with Gasteiger partial charge in [-0.2, -0.15) is 4.99 Å². The van der Waals surface area contributed by atoms with Crippen LogP contribution < -0.4 is 9.47 Å². The first kappa shape index (κ1) is 21.1. The van der Waals surface area contributed by atoms with E-state index in [4.69, 9.17) is 28.4 Å². The van der Waals surface area contributed by atoms with Gasteiger partial charge in [0.05, 0.1) is 45.3 Å². The Labute approximate surface area is 147 Å². The fourth-order valence-corrected chi connectivity index (χ4v) is 1.76. The molecule has 140 valence electrons. The molecule has 0 radical (unpaired) electrons. The average molecular weight is 355 g/mol. The second-order valence-corrected chi connectivity index (χ2v) is 4.74. The third kappa shape index (κ3) is 9.81. The molecule has 1 aromatic carbocycles. The molecule has 0 unspecified atom stereocenters. The number of hydrogen-bond donors (Lipinski definition) is 0. The summed E-state index contributed by atoms with van der Waals surface area (Å²) in [5.41, 5.74) is 0.439. The number of rotatable bonds is 15. The van der Waals surface area contributed by atoms with Crippen LogP contribution in [0.15, 0.2) is 23.2 Å². The van der Waals surface area contributed by atoms with Gasteiger partial charge in [-0.25, -0.2) is 4.79 Å². The quantitative estimate of drug-likeness (QED) is 0.269. The Hall–Kier alpha value is -1.96. The smallest absolute Gasteiger partial charge is 0.240 e. The first-order valence-electron chi connectivity index (χ1n) is 7.92. The minimum Gasteiger partial charge on any atom is -0.487 e. The van der Waals surface area contributed by atoms with Gasteiger partial charge < -0.3 is 28.4 Å². The number of methoxy groups -OCH3 is 2. The third-order valence-electron chi connectivity index (χ3n) is 2.94. The van der Waals surface area contributed by atoms with Crippen molar-refractivity contribution in [2.24, 2.45) is 4.99 Å². The highest BCUT2D eigenvalue weighted by Crippen LogP contribution is 2.31. The minimum absolute atomic E-state index is 0.332. The van der Waals surface area contributed by atoms with Gasteiger partial charge in [-0.3, -0.25) is 0 Å². The molecule has 0 aliphatic rings. The number of benzene rings is 1. The molecule has 0 bridgehead atoms. The molecule has 0 atom stereocenters. The van der Waals surface area contributed by atoms with Crippen molar-refractivity contribution in [3.63, 3.8) is 0 Å². The lowest BCUT2D eigenvalue weighted by Gasteiger charge is -2.13. The molecule has 0 N–H and O–H groups in total. The highest BCUT2D eigenvalue weighted by atomic mass is 16.6. The Kier molecular flexibility index (Phi) is 12.1. The lowest BCUT2D eigenvalue weighted by molar-refractivity contribution is 0.0499. The zero-order valence-corrected chi connectivity index (χ0v) is 14.7. The predicted octanol–water partition coefficient (Wildman–Crippen LogP) is 1.74. The van der Waals surface area contributed by atoms with Crippen LogP contribution in [0.2, 0.25) is 0 Å². The summed E-state index contributed by atoms with van der Waals surface area (Å²) in [5, 5.41) is 0. The van der Waals surface area contributed by atoms with E-state index in [0.29, 0.717) is 70.0 Å². The van der Waals surface area contributed by atoms with Crippen molar-refractivity contribution < 1.29 is 33.2 Å².